The van der Waals surface area contributed by atoms with Crippen molar-refractivity contribution in [2.75, 3.05) is 5.32 Å². The van der Waals surface area contributed by atoms with Crippen LogP contribution >= 0.6 is 23.2 Å². The number of carbonyl (C=O) groups excluding carboxylic acids is 1. The second kappa shape index (κ2) is 5.91. The minimum atomic E-state index is -0.706. The first kappa shape index (κ1) is 14.3. The molecule has 2 rings (SSSR count). The van der Waals surface area contributed by atoms with E-state index in [4.69, 9.17) is 28.5 Å². The third kappa shape index (κ3) is 2.90. The van der Waals surface area contributed by atoms with Crippen molar-refractivity contribution >= 4 is 34.8 Å². The molecule has 0 saturated heterocycles. The van der Waals surface area contributed by atoms with Gasteiger partial charge in [-0.1, -0.05) is 29.3 Å². The third-order valence-electron chi connectivity index (χ3n) is 2.55. The van der Waals surface area contributed by atoms with Crippen molar-refractivity contribution in [3.05, 3.63) is 63.4 Å². The van der Waals surface area contributed by atoms with Crippen molar-refractivity contribution in [3.8, 4) is 6.07 Å². The van der Waals surface area contributed by atoms with Crippen molar-refractivity contribution in [1.82, 2.24) is 0 Å². The van der Waals surface area contributed by atoms with Gasteiger partial charge >= 0.3 is 0 Å². The molecule has 0 heterocycles. The normalized spacial score (nSPS) is 9.90. The number of nitrogens with one attached hydrogen (secondary N) is 1. The Morgan fingerprint density at radius 2 is 2.00 bits per heavy atom. The van der Waals surface area contributed by atoms with Crippen LogP contribution in [0.1, 0.15) is 15.9 Å². The molecule has 0 saturated carbocycles. The smallest absolute Gasteiger partial charge is 0.257 e. The van der Waals surface area contributed by atoms with Crippen molar-refractivity contribution in [2.24, 2.45) is 0 Å². The fourth-order valence-electron chi connectivity index (χ4n) is 1.60. The lowest BCUT2D eigenvalue weighted by Gasteiger charge is -2.09. The molecule has 0 unspecified atom stereocenters. The van der Waals surface area contributed by atoms with Gasteiger partial charge in [0.05, 0.1) is 16.3 Å². The number of nitriles is 1. The molecule has 0 spiro atoms. The van der Waals surface area contributed by atoms with Crippen molar-refractivity contribution in [3.63, 3.8) is 0 Å². The second-order valence-electron chi connectivity index (χ2n) is 3.85. The van der Waals surface area contributed by atoms with Gasteiger partial charge in [0.15, 0.2) is 0 Å². The van der Waals surface area contributed by atoms with E-state index in [2.05, 4.69) is 5.32 Å². The molecule has 2 aromatic rings. The predicted octanol–water partition coefficient (Wildman–Crippen LogP) is 4.26. The Hall–Kier alpha value is -2.09. The van der Waals surface area contributed by atoms with E-state index in [-0.39, 0.29) is 21.8 Å². The van der Waals surface area contributed by atoms with Crippen LogP contribution < -0.4 is 5.32 Å². The van der Waals surface area contributed by atoms with Crippen LogP contribution in [0.3, 0.4) is 0 Å². The van der Waals surface area contributed by atoms with E-state index in [0.29, 0.717) is 5.02 Å². The highest BCUT2D eigenvalue weighted by Crippen LogP contribution is 2.23. The molecule has 0 aromatic heterocycles. The summed E-state index contributed by atoms with van der Waals surface area (Å²) >= 11 is 11.7. The maximum Gasteiger partial charge on any atom is 0.257 e. The summed E-state index contributed by atoms with van der Waals surface area (Å²) in [5.41, 5.74) is -0.0140. The predicted molar refractivity (Wildman–Crippen MR) is 75.5 cm³/mol. The maximum atomic E-state index is 13.4. The molecule has 20 heavy (non-hydrogen) atoms. The number of halogens is 3. The van der Waals surface area contributed by atoms with E-state index in [9.17, 15) is 9.18 Å². The van der Waals surface area contributed by atoms with E-state index in [0.717, 1.165) is 6.07 Å². The zero-order valence-electron chi connectivity index (χ0n) is 9.95. The number of nitrogens with zero attached hydrogens (tertiary/aromatic N) is 1. The first-order valence-corrected chi connectivity index (χ1v) is 6.23. The topological polar surface area (TPSA) is 52.9 Å². The molecule has 2 aromatic carbocycles. The Balaban J connectivity index is 2.36. The minimum Gasteiger partial charge on any atom is -0.321 e. The molecule has 0 aliphatic heterocycles. The number of rotatable bonds is 2. The Kier molecular flexibility index (Phi) is 4.23. The van der Waals surface area contributed by atoms with Crippen LogP contribution in [0.4, 0.5) is 10.1 Å². The lowest BCUT2D eigenvalue weighted by molar-refractivity contribution is 0.102. The van der Waals surface area contributed by atoms with E-state index in [1.807, 2.05) is 0 Å². The standard InChI is InChI=1S/C14H7Cl2FN2O/c15-8-4-5-11(16)9(6-8)14(20)19-13-3-1-2-12(17)10(13)7-18/h1-6H,(H,19,20). The van der Waals surface area contributed by atoms with Gasteiger partial charge in [-0.2, -0.15) is 5.26 Å². The van der Waals surface area contributed by atoms with Gasteiger partial charge in [-0.15, -0.1) is 0 Å². The summed E-state index contributed by atoms with van der Waals surface area (Å²) in [6.45, 7) is 0. The molecule has 0 bridgehead atoms. The first-order chi connectivity index (χ1) is 9.52. The van der Waals surface area contributed by atoms with Crippen LogP contribution in [0.15, 0.2) is 36.4 Å². The summed E-state index contributed by atoms with van der Waals surface area (Å²) in [6.07, 6.45) is 0. The minimum absolute atomic E-state index is 0.0774. The van der Waals surface area contributed by atoms with Gasteiger partial charge in [0.25, 0.3) is 5.91 Å². The zero-order valence-corrected chi connectivity index (χ0v) is 11.5. The number of amides is 1. The van der Waals surface area contributed by atoms with Crippen LogP contribution in [0.5, 0.6) is 0 Å². The number of hydrogen-bond donors (Lipinski definition) is 1. The van der Waals surface area contributed by atoms with Crippen LogP contribution in [0.25, 0.3) is 0 Å². The first-order valence-electron chi connectivity index (χ1n) is 5.48. The molecule has 0 aliphatic rings. The number of carbonyl (C=O) groups is 1. The van der Waals surface area contributed by atoms with Crippen LogP contribution in [0.2, 0.25) is 10.0 Å². The summed E-state index contributed by atoms with van der Waals surface area (Å²) in [4.78, 5) is 12.1. The van der Waals surface area contributed by atoms with Gasteiger partial charge in [-0.3, -0.25) is 4.79 Å². The highest BCUT2D eigenvalue weighted by molar-refractivity contribution is 6.36. The average molecular weight is 309 g/mol. The summed E-state index contributed by atoms with van der Waals surface area (Å²) < 4.78 is 13.4. The lowest BCUT2D eigenvalue weighted by Crippen LogP contribution is -2.14. The van der Waals surface area contributed by atoms with Crippen LogP contribution in [0, 0.1) is 17.1 Å². The Labute approximate surface area is 124 Å². The van der Waals surface area contributed by atoms with Gasteiger partial charge in [0.2, 0.25) is 0 Å². The SMILES string of the molecule is N#Cc1c(F)cccc1NC(=O)c1cc(Cl)ccc1Cl. The fourth-order valence-corrected chi connectivity index (χ4v) is 1.98. The molecule has 100 valence electrons. The highest BCUT2D eigenvalue weighted by Gasteiger charge is 2.14. The maximum absolute atomic E-state index is 13.4. The monoisotopic (exact) mass is 308 g/mol. The Bertz CT molecular complexity index is 726. The molecule has 6 heteroatoms. The Morgan fingerprint density at radius 1 is 1.25 bits per heavy atom. The summed E-state index contributed by atoms with van der Waals surface area (Å²) in [7, 11) is 0. The van der Waals surface area contributed by atoms with Gasteiger partial charge in [0, 0.05) is 5.02 Å². The summed E-state index contributed by atoms with van der Waals surface area (Å²) in [6, 6.07) is 10.1. The lowest BCUT2D eigenvalue weighted by atomic mass is 10.1. The highest BCUT2D eigenvalue weighted by atomic mass is 35.5. The zero-order chi connectivity index (χ0) is 14.7. The molecule has 1 N–H and O–H groups in total. The largest absolute Gasteiger partial charge is 0.321 e. The molecule has 0 aliphatic carbocycles. The summed E-state index contributed by atoms with van der Waals surface area (Å²) in [5.74, 6) is -1.28. The van der Waals surface area contributed by atoms with Crippen molar-refractivity contribution < 1.29 is 9.18 Å². The van der Waals surface area contributed by atoms with E-state index in [1.54, 1.807) is 12.1 Å². The fraction of sp³-hybridized carbons (Fsp3) is 0. The van der Waals surface area contributed by atoms with Gasteiger partial charge in [-0.25, -0.2) is 4.39 Å². The number of hydrogen-bond acceptors (Lipinski definition) is 2. The summed E-state index contributed by atoms with van der Waals surface area (Å²) in [5, 5.41) is 11.9. The third-order valence-corrected chi connectivity index (χ3v) is 3.11. The van der Waals surface area contributed by atoms with Gasteiger partial charge < -0.3 is 5.32 Å². The molecule has 0 atom stereocenters. The molecule has 0 radical (unpaired) electrons. The van der Waals surface area contributed by atoms with Crippen molar-refractivity contribution in [2.45, 2.75) is 0 Å². The second-order valence-corrected chi connectivity index (χ2v) is 4.70. The quantitative estimate of drug-likeness (QED) is 0.901. The molecule has 3 nitrogen and oxygen atoms in total. The van der Waals surface area contributed by atoms with E-state index >= 15 is 0 Å². The van der Waals surface area contributed by atoms with Crippen LogP contribution in [-0.2, 0) is 0 Å². The van der Waals surface area contributed by atoms with Gasteiger partial charge in [-0.05, 0) is 30.3 Å². The van der Waals surface area contributed by atoms with E-state index in [1.165, 1.54) is 24.3 Å². The molecular formula is C14H7Cl2FN2O. The molecular weight excluding hydrogens is 302 g/mol. The average Bonchev–Trinajstić information content (AvgIpc) is 2.41. The van der Waals surface area contributed by atoms with Crippen LogP contribution in [-0.4, -0.2) is 5.91 Å². The van der Waals surface area contributed by atoms with Gasteiger partial charge in [0.1, 0.15) is 17.4 Å². The van der Waals surface area contributed by atoms with E-state index < -0.39 is 11.7 Å². The Morgan fingerprint density at radius 3 is 2.70 bits per heavy atom. The molecule has 0 fully saturated rings. The number of anilines is 1. The molecule has 1 amide bonds. The number of benzene rings is 2. The van der Waals surface area contributed by atoms with Crippen molar-refractivity contribution in [1.29, 1.82) is 5.26 Å².